The number of epoxide rings is 1. The summed E-state index contributed by atoms with van der Waals surface area (Å²) in [6.07, 6.45) is 2.36. The van der Waals surface area contributed by atoms with E-state index in [1.165, 1.54) is 19.4 Å². The van der Waals surface area contributed by atoms with E-state index in [9.17, 15) is 19.8 Å². The van der Waals surface area contributed by atoms with Crippen molar-refractivity contribution in [2.75, 3.05) is 7.11 Å². The summed E-state index contributed by atoms with van der Waals surface area (Å²) in [5.41, 5.74) is -2.69. The Morgan fingerprint density at radius 1 is 1.02 bits per heavy atom. The van der Waals surface area contributed by atoms with Gasteiger partial charge in [0.1, 0.15) is 11.2 Å². The topological polar surface area (TPSA) is 137 Å². The lowest BCUT2D eigenvalue weighted by molar-refractivity contribution is -0.278. The van der Waals surface area contributed by atoms with Crippen LogP contribution in [0.15, 0.2) is 27.6 Å². The molecule has 1 spiro atoms. The van der Waals surface area contributed by atoms with Gasteiger partial charge < -0.3 is 38.3 Å². The van der Waals surface area contributed by atoms with E-state index < -0.39 is 51.9 Å². The summed E-state index contributed by atoms with van der Waals surface area (Å²) in [5, 5.41) is 24.8. The van der Waals surface area contributed by atoms with Crippen LogP contribution in [0.4, 0.5) is 0 Å². The molecule has 2 bridgehead atoms. The first-order valence-corrected chi connectivity index (χ1v) is 15.2. The Balaban J connectivity index is 1.16. The molecule has 0 unspecified atom stereocenters. The van der Waals surface area contributed by atoms with E-state index in [2.05, 4.69) is 13.8 Å². The average molecular weight is 573 g/mol. The van der Waals surface area contributed by atoms with Crippen LogP contribution in [0.1, 0.15) is 77.2 Å². The van der Waals surface area contributed by atoms with Crippen LogP contribution in [-0.2, 0) is 28.5 Å². The van der Waals surface area contributed by atoms with E-state index in [1.54, 1.807) is 6.07 Å². The number of hydrogen-bond acceptors (Lipinski definition) is 10. The second-order valence-corrected chi connectivity index (χ2v) is 14.4. The molecular formula is C31H40O10. The van der Waals surface area contributed by atoms with Crippen LogP contribution in [0, 0.1) is 22.7 Å². The van der Waals surface area contributed by atoms with E-state index in [4.69, 9.17) is 28.1 Å². The molecule has 0 radical (unpaired) electrons. The Labute approximate surface area is 238 Å². The van der Waals surface area contributed by atoms with Gasteiger partial charge in [-0.25, -0.2) is 4.79 Å². The van der Waals surface area contributed by atoms with Gasteiger partial charge in [-0.15, -0.1) is 0 Å². The second kappa shape index (κ2) is 8.28. The summed E-state index contributed by atoms with van der Waals surface area (Å²) in [7, 11) is 1.49. The lowest BCUT2D eigenvalue weighted by Crippen LogP contribution is -2.72. The van der Waals surface area contributed by atoms with Crippen LogP contribution in [0.25, 0.3) is 0 Å². The molecule has 224 valence electrons. The molecule has 0 amide bonds. The van der Waals surface area contributed by atoms with Crippen molar-refractivity contribution in [1.29, 1.82) is 0 Å². The van der Waals surface area contributed by atoms with Crippen molar-refractivity contribution in [3.63, 3.8) is 0 Å². The summed E-state index contributed by atoms with van der Waals surface area (Å²) >= 11 is 0. The fourth-order valence-electron chi connectivity index (χ4n) is 10.9. The predicted octanol–water partition coefficient (Wildman–Crippen LogP) is 2.42. The number of ether oxygens (including phenoxy) is 5. The third kappa shape index (κ3) is 3.17. The second-order valence-electron chi connectivity index (χ2n) is 14.4. The summed E-state index contributed by atoms with van der Waals surface area (Å²) in [6.45, 7) is 6.15. The highest BCUT2D eigenvalue weighted by molar-refractivity contribution is 5.90. The minimum Gasteiger partial charge on any atom is -0.431 e. The maximum atomic E-state index is 13.4. The first kappa shape index (κ1) is 26.9. The smallest absolute Gasteiger partial charge is 0.335 e. The van der Waals surface area contributed by atoms with E-state index in [0.29, 0.717) is 32.1 Å². The monoisotopic (exact) mass is 572 g/mol. The minimum absolute atomic E-state index is 0.0830. The number of aliphatic hydroxyl groups excluding tert-OH is 1. The summed E-state index contributed by atoms with van der Waals surface area (Å²) in [5.74, 6) is -2.02. The number of methoxy groups -OCH3 is 1. The zero-order chi connectivity index (χ0) is 28.7. The molecule has 4 heterocycles. The molecule has 7 fully saturated rings. The molecule has 3 saturated heterocycles. The number of rotatable bonds is 2. The number of fused-ring (bicyclic) bond motifs is 6. The average Bonchev–Trinajstić information content (AvgIpc) is 3.57. The Bertz CT molecular complexity index is 1330. The lowest BCUT2D eigenvalue weighted by atomic mass is 9.42. The quantitative estimate of drug-likeness (QED) is 0.402. The van der Waals surface area contributed by atoms with Gasteiger partial charge in [0.15, 0.2) is 0 Å². The number of carbonyl (C=O) groups excluding carboxylic acids is 1. The summed E-state index contributed by atoms with van der Waals surface area (Å²) < 4.78 is 36.4. The van der Waals surface area contributed by atoms with Crippen molar-refractivity contribution >= 4 is 5.78 Å². The van der Waals surface area contributed by atoms with E-state index >= 15 is 0 Å². The first-order valence-electron chi connectivity index (χ1n) is 15.2. The van der Waals surface area contributed by atoms with Gasteiger partial charge in [-0.1, -0.05) is 13.8 Å². The van der Waals surface area contributed by atoms with E-state index in [1.807, 2.05) is 6.92 Å². The molecule has 0 aromatic carbocycles. The number of hydrogen-bond donors (Lipinski definition) is 2. The van der Waals surface area contributed by atoms with Crippen LogP contribution in [0.3, 0.4) is 0 Å². The predicted molar refractivity (Wildman–Crippen MR) is 141 cm³/mol. The van der Waals surface area contributed by atoms with Crippen LogP contribution in [0.2, 0.25) is 0 Å². The zero-order valence-electron chi connectivity index (χ0n) is 24.0. The van der Waals surface area contributed by atoms with Crippen molar-refractivity contribution in [2.45, 2.75) is 125 Å². The van der Waals surface area contributed by atoms with Gasteiger partial charge in [-0.3, -0.25) is 4.79 Å². The summed E-state index contributed by atoms with van der Waals surface area (Å²) in [6, 6.07) is 3.20. The normalized spacial score (nSPS) is 56.9. The van der Waals surface area contributed by atoms with Crippen LogP contribution in [-0.4, -0.2) is 76.9 Å². The third-order valence-electron chi connectivity index (χ3n) is 12.7. The molecule has 3 aliphatic heterocycles. The largest absolute Gasteiger partial charge is 0.431 e. The van der Waals surface area contributed by atoms with Gasteiger partial charge in [0, 0.05) is 30.9 Å². The van der Waals surface area contributed by atoms with Crippen molar-refractivity contribution in [3.8, 4) is 0 Å². The van der Waals surface area contributed by atoms with E-state index in [0.717, 1.165) is 12.0 Å². The van der Waals surface area contributed by atoms with Crippen LogP contribution >= 0.6 is 0 Å². The first-order chi connectivity index (χ1) is 19.4. The minimum atomic E-state index is -1.43. The van der Waals surface area contributed by atoms with Crippen molar-refractivity contribution in [2.24, 2.45) is 22.7 Å². The molecule has 4 aliphatic carbocycles. The van der Waals surface area contributed by atoms with Crippen molar-refractivity contribution in [3.05, 3.63) is 34.4 Å². The Morgan fingerprint density at radius 2 is 1.83 bits per heavy atom. The molecule has 10 nitrogen and oxygen atoms in total. The van der Waals surface area contributed by atoms with Gasteiger partial charge >= 0.3 is 5.63 Å². The molecule has 7 aliphatic rings. The van der Waals surface area contributed by atoms with E-state index in [-0.39, 0.29) is 48.3 Å². The number of ketones is 1. The molecule has 10 heteroatoms. The maximum Gasteiger partial charge on any atom is 0.335 e. The van der Waals surface area contributed by atoms with Crippen molar-refractivity contribution < 1.29 is 43.1 Å². The third-order valence-corrected chi connectivity index (χ3v) is 12.7. The molecular weight excluding hydrogens is 532 g/mol. The van der Waals surface area contributed by atoms with Crippen LogP contribution in [0.5, 0.6) is 0 Å². The highest BCUT2D eigenvalue weighted by Crippen LogP contribution is 2.78. The maximum absolute atomic E-state index is 13.4. The highest BCUT2D eigenvalue weighted by atomic mass is 16.8. The molecule has 1 aromatic rings. The van der Waals surface area contributed by atoms with Gasteiger partial charge in [0.05, 0.1) is 36.8 Å². The zero-order valence-corrected chi connectivity index (χ0v) is 24.0. The molecule has 2 N–H and O–H groups in total. The van der Waals surface area contributed by atoms with Crippen molar-refractivity contribution in [1.82, 2.24) is 0 Å². The lowest BCUT2D eigenvalue weighted by Gasteiger charge is -2.64. The summed E-state index contributed by atoms with van der Waals surface area (Å²) in [4.78, 5) is 25.0. The Morgan fingerprint density at radius 3 is 2.56 bits per heavy atom. The standard InChI is InChI=1S/C31H40O10/c1-15-11-29(36-4)25(34)26(38-15)39-20-9-17-10-22-31(41-22)24(27(17,2)13-21(20)40-29)19(32)12-28(3)18(7-8-30(28,31)35)16-5-6-23(33)37-14-16/h5-6,14-15,17-22,24,26,32,35H,7-13H2,1-4H3/t15-,17+,18+,19+,20+,21+,22-,24+,26-,27-,28+,29-,30+,31-/m0/s1. The molecule has 1 aromatic heterocycles. The molecule has 41 heavy (non-hydrogen) atoms. The number of Topliss-reactive ketones (excluding diaryl/α,β-unsaturated/α-hetero) is 1. The van der Waals surface area contributed by atoms with Gasteiger partial charge in [-0.05, 0) is 74.3 Å². The highest BCUT2D eigenvalue weighted by Gasteiger charge is 2.86. The molecule has 8 rings (SSSR count). The fourth-order valence-corrected chi connectivity index (χ4v) is 10.9. The van der Waals surface area contributed by atoms with Gasteiger partial charge in [0.2, 0.25) is 17.9 Å². The fraction of sp³-hybridized carbons (Fsp3) is 0.806. The Kier molecular flexibility index (Phi) is 5.44. The number of aliphatic hydroxyl groups is 2. The SMILES string of the molecule is CO[C@@]12C[C@H](C)O[C@@H](O[C@@H]3C[C@@H]4C[C@@H]5O[C@]56[C@H]([C@H](O)C[C@]5(C)[C@@H](c7ccc(=O)oc7)CC[C@]65O)[C@@]4(C)C[C@H]3O1)C2=O. The van der Waals surface area contributed by atoms with Gasteiger partial charge in [-0.2, -0.15) is 0 Å². The van der Waals surface area contributed by atoms with Crippen LogP contribution < -0.4 is 5.63 Å². The van der Waals surface area contributed by atoms with Gasteiger partial charge in [0.25, 0.3) is 0 Å². The molecule has 14 atom stereocenters. The number of carbonyl (C=O) groups is 1. The Hall–Kier alpha value is -1.66. The molecule has 4 saturated carbocycles.